The van der Waals surface area contributed by atoms with E-state index in [1.807, 2.05) is 24.3 Å². The minimum absolute atomic E-state index is 0.189. The first kappa shape index (κ1) is 21.4. The fourth-order valence-corrected chi connectivity index (χ4v) is 3.29. The highest BCUT2D eigenvalue weighted by Crippen LogP contribution is 2.18. The third-order valence-corrected chi connectivity index (χ3v) is 5.08. The molecule has 0 saturated heterocycles. The molecule has 1 aromatic heterocycles. The summed E-state index contributed by atoms with van der Waals surface area (Å²) in [6.45, 7) is 7.25. The van der Waals surface area contributed by atoms with E-state index in [0.29, 0.717) is 30.6 Å². The van der Waals surface area contributed by atoms with Crippen LogP contribution < -0.4 is 5.32 Å². The maximum Gasteiger partial charge on any atom is 0.357 e. The minimum Gasteiger partial charge on any atom is -0.461 e. The molecular weight excluding hydrogens is 430 g/mol. The van der Waals surface area contributed by atoms with Gasteiger partial charge in [-0.05, 0) is 43.5 Å². The molecule has 27 heavy (non-hydrogen) atoms. The number of nitrogens with one attached hydrogen (secondary N) is 1. The van der Waals surface area contributed by atoms with Crippen LogP contribution >= 0.6 is 27.3 Å². The van der Waals surface area contributed by atoms with Crippen molar-refractivity contribution in [2.75, 3.05) is 18.5 Å². The Morgan fingerprint density at radius 1 is 1.30 bits per heavy atom. The molecule has 0 aliphatic heterocycles. The molecule has 1 N–H and O–H groups in total. The third-order valence-electron chi connectivity index (χ3n) is 3.72. The standard InChI is InChI=1S/C19H24BrN3O3S/c1-4-26-18(24)16-12-27-17(22-16)11-23(10-9-13(2)3)19(25)21-15-7-5-14(20)6-8-15/h5-8,12-13H,4,9-11H2,1-3H3,(H,21,25). The maximum absolute atomic E-state index is 12.7. The van der Waals surface area contributed by atoms with Gasteiger partial charge in [0.15, 0.2) is 5.69 Å². The summed E-state index contributed by atoms with van der Waals surface area (Å²) in [7, 11) is 0. The van der Waals surface area contributed by atoms with Gasteiger partial charge in [-0.1, -0.05) is 29.8 Å². The van der Waals surface area contributed by atoms with E-state index in [-0.39, 0.29) is 11.7 Å². The number of carbonyl (C=O) groups excluding carboxylic acids is 2. The number of ether oxygens (including phenoxy) is 1. The number of hydrogen-bond acceptors (Lipinski definition) is 5. The van der Waals surface area contributed by atoms with Crippen molar-refractivity contribution >= 4 is 45.0 Å². The molecule has 6 nitrogen and oxygen atoms in total. The number of carbonyl (C=O) groups is 2. The average molecular weight is 454 g/mol. The molecule has 0 unspecified atom stereocenters. The number of hydrogen-bond donors (Lipinski definition) is 1. The number of amides is 2. The van der Waals surface area contributed by atoms with Crippen molar-refractivity contribution in [3.8, 4) is 0 Å². The van der Waals surface area contributed by atoms with Crippen LogP contribution in [0.4, 0.5) is 10.5 Å². The van der Waals surface area contributed by atoms with Crippen molar-refractivity contribution in [2.24, 2.45) is 5.92 Å². The van der Waals surface area contributed by atoms with Crippen molar-refractivity contribution in [1.29, 1.82) is 0 Å². The van der Waals surface area contributed by atoms with Crippen molar-refractivity contribution in [1.82, 2.24) is 9.88 Å². The second kappa shape index (κ2) is 10.4. The summed E-state index contributed by atoms with van der Waals surface area (Å²) in [6, 6.07) is 7.24. The van der Waals surface area contributed by atoms with Crippen LogP contribution in [0, 0.1) is 5.92 Å². The van der Waals surface area contributed by atoms with Crippen LogP contribution in [0.15, 0.2) is 34.1 Å². The number of urea groups is 1. The number of benzene rings is 1. The predicted molar refractivity (Wildman–Crippen MR) is 111 cm³/mol. The maximum atomic E-state index is 12.7. The Kier molecular flexibility index (Phi) is 8.24. The molecule has 8 heteroatoms. The molecule has 0 radical (unpaired) electrons. The molecule has 0 saturated carbocycles. The fraction of sp³-hybridized carbons (Fsp3) is 0.421. The number of anilines is 1. The monoisotopic (exact) mass is 453 g/mol. The molecule has 1 aromatic carbocycles. The van der Waals surface area contributed by atoms with E-state index in [2.05, 4.69) is 40.1 Å². The molecule has 2 rings (SSSR count). The zero-order valence-electron chi connectivity index (χ0n) is 15.7. The van der Waals surface area contributed by atoms with Gasteiger partial charge in [0.25, 0.3) is 0 Å². The largest absolute Gasteiger partial charge is 0.461 e. The number of halogens is 1. The van der Waals surface area contributed by atoms with Crippen LogP contribution in [0.1, 0.15) is 42.7 Å². The molecule has 0 aliphatic rings. The Morgan fingerprint density at radius 3 is 2.63 bits per heavy atom. The highest BCUT2D eigenvalue weighted by atomic mass is 79.9. The van der Waals surface area contributed by atoms with Crippen LogP contribution in [0.5, 0.6) is 0 Å². The Morgan fingerprint density at radius 2 is 2.00 bits per heavy atom. The summed E-state index contributed by atoms with van der Waals surface area (Å²) in [5.41, 5.74) is 1.01. The van der Waals surface area contributed by atoms with Gasteiger partial charge in [0, 0.05) is 22.1 Å². The summed E-state index contributed by atoms with van der Waals surface area (Å²) in [6.07, 6.45) is 0.879. The normalized spacial score (nSPS) is 10.7. The van der Waals surface area contributed by atoms with E-state index in [9.17, 15) is 9.59 Å². The van der Waals surface area contributed by atoms with Gasteiger partial charge in [0.1, 0.15) is 5.01 Å². The van der Waals surface area contributed by atoms with Crippen molar-refractivity contribution < 1.29 is 14.3 Å². The van der Waals surface area contributed by atoms with E-state index >= 15 is 0 Å². The SMILES string of the molecule is CCOC(=O)c1csc(CN(CCC(C)C)C(=O)Nc2ccc(Br)cc2)n1. The number of aromatic nitrogens is 1. The van der Waals surface area contributed by atoms with Gasteiger partial charge >= 0.3 is 12.0 Å². The summed E-state index contributed by atoms with van der Waals surface area (Å²) >= 11 is 4.74. The van der Waals surface area contributed by atoms with Gasteiger partial charge in [-0.15, -0.1) is 11.3 Å². The second-order valence-electron chi connectivity index (χ2n) is 6.39. The zero-order chi connectivity index (χ0) is 19.8. The fourth-order valence-electron chi connectivity index (χ4n) is 2.25. The van der Waals surface area contributed by atoms with Gasteiger partial charge in [-0.25, -0.2) is 14.6 Å². The molecule has 1 heterocycles. The Balaban J connectivity index is 2.07. The number of rotatable bonds is 8. The predicted octanol–water partition coefficient (Wildman–Crippen LogP) is 5.16. The Labute approximate surface area is 172 Å². The van der Waals surface area contributed by atoms with E-state index in [1.165, 1.54) is 11.3 Å². The molecule has 0 atom stereocenters. The zero-order valence-corrected chi connectivity index (χ0v) is 18.1. The van der Waals surface area contributed by atoms with Crippen molar-refractivity contribution in [3.63, 3.8) is 0 Å². The summed E-state index contributed by atoms with van der Waals surface area (Å²) in [4.78, 5) is 30.6. The molecule has 2 amide bonds. The molecule has 0 aliphatic carbocycles. The van der Waals surface area contributed by atoms with Gasteiger partial charge in [0.05, 0.1) is 13.2 Å². The van der Waals surface area contributed by atoms with E-state index in [4.69, 9.17) is 4.74 Å². The first-order valence-corrected chi connectivity index (χ1v) is 10.5. The van der Waals surface area contributed by atoms with Crippen molar-refractivity contribution in [3.05, 3.63) is 44.8 Å². The first-order chi connectivity index (χ1) is 12.9. The molecule has 0 spiro atoms. The highest BCUT2D eigenvalue weighted by molar-refractivity contribution is 9.10. The lowest BCUT2D eigenvalue weighted by molar-refractivity contribution is 0.0520. The number of esters is 1. The lowest BCUT2D eigenvalue weighted by Gasteiger charge is -2.23. The van der Waals surface area contributed by atoms with Crippen molar-refractivity contribution in [2.45, 2.75) is 33.7 Å². The van der Waals surface area contributed by atoms with Crippen LogP contribution in [0.2, 0.25) is 0 Å². The van der Waals surface area contributed by atoms with Crippen LogP contribution in [0.25, 0.3) is 0 Å². The Bertz CT molecular complexity index is 762. The first-order valence-electron chi connectivity index (χ1n) is 8.82. The topological polar surface area (TPSA) is 71.5 Å². The molecule has 0 bridgehead atoms. The van der Waals surface area contributed by atoms with E-state index < -0.39 is 5.97 Å². The summed E-state index contributed by atoms with van der Waals surface area (Å²) in [5.74, 6) is 0.0346. The average Bonchev–Trinajstić information content (AvgIpc) is 3.09. The quantitative estimate of drug-likeness (QED) is 0.560. The molecule has 146 valence electrons. The molecule has 2 aromatic rings. The second-order valence-corrected chi connectivity index (χ2v) is 8.25. The smallest absolute Gasteiger partial charge is 0.357 e. The third kappa shape index (κ3) is 6.95. The van der Waals surface area contributed by atoms with Crippen LogP contribution in [-0.4, -0.2) is 35.0 Å². The van der Waals surface area contributed by atoms with E-state index in [1.54, 1.807) is 17.2 Å². The van der Waals surface area contributed by atoms with Gasteiger partial charge in [-0.3, -0.25) is 0 Å². The minimum atomic E-state index is -0.437. The van der Waals surface area contributed by atoms with E-state index in [0.717, 1.165) is 16.6 Å². The van der Waals surface area contributed by atoms with Crippen LogP contribution in [-0.2, 0) is 11.3 Å². The highest BCUT2D eigenvalue weighted by Gasteiger charge is 2.18. The van der Waals surface area contributed by atoms with Gasteiger partial charge in [0.2, 0.25) is 0 Å². The molecular formula is C19H24BrN3O3S. The lowest BCUT2D eigenvalue weighted by Crippen LogP contribution is -2.35. The van der Waals surface area contributed by atoms with Gasteiger partial charge < -0.3 is 15.0 Å². The lowest BCUT2D eigenvalue weighted by atomic mass is 10.1. The Hall–Kier alpha value is -1.93. The van der Waals surface area contributed by atoms with Crippen LogP contribution in [0.3, 0.4) is 0 Å². The summed E-state index contributed by atoms with van der Waals surface area (Å²) in [5, 5.41) is 5.28. The number of thiazole rings is 1. The molecule has 0 fully saturated rings. The van der Waals surface area contributed by atoms with Gasteiger partial charge in [-0.2, -0.15) is 0 Å². The number of nitrogens with zero attached hydrogens (tertiary/aromatic N) is 2. The summed E-state index contributed by atoms with van der Waals surface area (Å²) < 4.78 is 5.92.